The van der Waals surface area contributed by atoms with Gasteiger partial charge in [-0.25, -0.2) is 4.98 Å². The molecule has 3 heterocycles. The SMILES string of the molecule is CN(CC1CCOCC1)c1nc2sccn2c1CN. The van der Waals surface area contributed by atoms with Gasteiger partial charge in [0.2, 0.25) is 0 Å². The smallest absolute Gasteiger partial charge is 0.195 e. The van der Waals surface area contributed by atoms with Crippen molar-refractivity contribution >= 4 is 22.1 Å². The van der Waals surface area contributed by atoms with Gasteiger partial charge in [-0.05, 0) is 18.8 Å². The van der Waals surface area contributed by atoms with Gasteiger partial charge in [0.05, 0.1) is 5.69 Å². The van der Waals surface area contributed by atoms with Gasteiger partial charge in [-0.1, -0.05) is 0 Å². The van der Waals surface area contributed by atoms with Crippen LogP contribution < -0.4 is 10.6 Å². The highest BCUT2D eigenvalue weighted by molar-refractivity contribution is 7.15. The molecular weight excluding hydrogens is 260 g/mol. The molecule has 0 amide bonds. The van der Waals surface area contributed by atoms with E-state index in [0.717, 1.165) is 49.1 Å². The van der Waals surface area contributed by atoms with Gasteiger partial charge in [-0.2, -0.15) is 0 Å². The van der Waals surface area contributed by atoms with Crippen LogP contribution in [0.25, 0.3) is 4.96 Å². The van der Waals surface area contributed by atoms with Crippen LogP contribution in [0.4, 0.5) is 5.82 Å². The van der Waals surface area contributed by atoms with Crippen molar-refractivity contribution in [3.05, 3.63) is 17.3 Å². The Kier molecular flexibility index (Phi) is 3.72. The van der Waals surface area contributed by atoms with Crippen molar-refractivity contribution in [3.63, 3.8) is 0 Å². The number of aromatic nitrogens is 2. The van der Waals surface area contributed by atoms with E-state index in [9.17, 15) is 0 Å². The lowest BCUT2D eigenvalue weighted by Crippen LogP contribution is -2.30. The second-order valence-electron chi connectivity index (χ2n) is 5.08. The van der Waals surface area contributed by atoms with E-state index in [-0.39, 0.29) is 0 Å². The molecule has 1 fully saturated rings. The Morgan fingerprint density at radius 2 is 2.32 bits per heavy atom. The van der Waals surface area contributed by atoms with Crippen molar-refractivity contribution in [2.45, 2.75) is 19.4 Å². The summed E-state index contributed by atoms with van der Waals surface area (Å²) >= 11 is 1.65. The minimum absolute atomic E-state index is 0.519. The molecule has 2 aromatic heterocycles. The average molecular weight is 280 g/mol. The van der Waals surface area contributed by atoms with Crippen molar-refractivity contribution in [2.75, 3.05) is 31.7 Å². The molecule has 0 atom stereocenters. The minimum atomic E-state index is 0.519. The van der Waals surface area contributed by atoms with Crippen LogP contribution in [0.5, 0.6) is 0 Å². The first-order chi connectivity index (χ1) is 9.29. The van der Waals surface area contributed by atoms with Gasteiger partial charge in [0, 0.05) is 44.9 Å². The number of nitrogens with two attached hydrogens (primary N) is 1. The largest absolute Gasteiger partial charge is 0.381 e. The van der Waals surface area contributed by atoms with E-state index >= 15 is 0 Å². The molecule has 0 aliphatic carbocycles. The zero-order chi connectivity index (χ0) is 13.2. The highest BCUT2D eigenvalue weighted by atomic mass is 32.1. The number of fused-ring (bicyclic) bond motifs is 1. The molecule has 104 valence electrons. The number of anilines is 1. The van der Waals surface area contributed by atoms with Crippen LogP contribution in [0.15, 0.2) is 11.6 Å². The van der Waals surface area contributed by atoms with Gasteiger partial charge >= 0.3 is 0 Å². The van der Waals surface area contributed by atoms with Crippen molar-refractivity contribution in [2.24, 2.45) is 11.7 Å². The normalized spacial score (nSPS) is 17.2. The molecule has 0 aromatic carbocycles. The van der Waals surface area contributed by atoms with Crippen molar-refractivity contribution in [1.82, 2.24) is 9.38 Å². The number of nitrogens with zero attached hydrogens (tertiary/aromatic N) is 3. The highest BCUT2D eigenvalue weighted by Gasteiger charge is 2.20. The highest BCUT2D eigenvalue weighted by Crippen LogP contribution is 2.25. The average Bonchev–Trinajstić information content (AvgIpc) is 2.99. The maximum absolute atomic E-state index is 5.89. The molecule has 0 radical (unpaired) electrons. The third-order valence-electron chi connectivity index (χ3n) is 3.77. The number of ether oxygens (including phenoxy) is 1. The molecule has 2 N–H and O–H groups in total. The van der Waals surface area contributed by atoms with Gasteiger partial charge in [0.25, 0.3) is 0 Å². The van der Waals surface area contributed by atoms with Crippen molar-refractivity contribution in [1.29, 1.82) is 0 Å². The lowest BCUT2D eigenvalue weighted by molar-refractivity contribution is 0.0685. The number of imidazole rings is 1. The van der Waals surface area contributed by atoms with Gasteiger partial charge < -0.3 is 15.4 Å². The summed E-state index contributed by atoms with van der Waals surface area (Å²) in [5.74, 6) is 1.73. The summed E-state index contributed by atoms with van der Waals surface area (Å²) in [5.41, 5.74) is 6.99. The second kappa shape index (κ2) is 5.48. The van der Waals surface area contributed by atoms with E-state index in [4.69, 9.17) is 15.5 Å². The van der Waals surface area contributed by atoms with Gasteiger partial charge in [0.15, 0.2) is 10.8 Å². The number of hydrogen-bond donors (Lipinski definition) is 1. The van der Waals surface area contributed by atoms with E-state index < -0.39 is 0 Å². The maximum atomic E-state index is 5.89. The Hall–Kier alpha value is -1.11. The Balaban J connectivity index is 1.79. The van der Waals surface area contributed by atoms with E-state index in [1.807, 2.05) is 11.6 Å². The van der Waals surface area contributed by atoms with Crippen LogP contribution in [0.2, 0.25) is 0 Å². The fourth-order valence-corrected chi connectivity index (χ4v) is 3.45. The topological polar surface area (TPSA) is 55.8 Å². The Labute approximate surface area is 117 Å². The predicted octanol–water partition coefficient (Wildman–Crippen LogP) is 1.72. The first kappa shape index (κ1) is 12.9. The molecule has 2 aromatic rings. The molecule has 0 bridgehead atoms. The number of hydrogen-bond acceptors (Lipinski definition) is 5. The third-order valence-corrected chi connectivity index (χ3v) is 4.52. The van der Waals surface area contributed by atoms with E-state index in [2.05, 4.69) is 16.3 Å². The van der Waals surface area contributed by atoms with Crippen LogP contribution in [-0.2, 0) is 11.3 Å². The van der Waals surface area contributed by atoms with E-state index in [0.29, 0.717) is 12.5 Å². The minimum Gasteiger partial charge on any atom is -0.381 e. The summed E-state index contributed by atoms with van der Waals surface area (Å²) < 4.78 is 7.51. The van der Waals surface area contributed by atoms with Gasteiger partial charge in [-0.3, -0.25) is 4.40 Å². The monoisotopic (exact) mass is 280 g/mol. The Morgan fingerprint density at radius 3 is 3.05 bits per heavy atom. The molecule has 1 aliphatic rings. The lowest BCUT2D eigenvalue weighted by Gasteiger charge is -2.27. The standard InChI is InChI=1S/C13H20N4OS/c1-16(9-10-2-5-18-6-3-10)12-11(8-14)17-4-7-19-13(17)15-12/h4,7,10H,2-3,5-6,8-9,14H2,1H3. The summed E-state index contributed by atoms with van der Waals surface area (Å²) in [5, 5.41) is 2.05. The first-order valence-corrected chi connectivity index (χ1v) is 7.61. The van der Waals surface area contributed by atoms with Crippen LogP contribution in [-0.4, -0.2) is 36.2 Å². The summed E-state index contributed by atoms with van der Waals surface area (Å²) in [4.78, 5) is 7.98. The fourth-order valence-electron chi connectivity index (χ4n) is 2.72. The molecular formula is C13H20N4OS. The molecule has 3 rings (SSSR count). The quantitative estimate of drug-likeness (QED) is 0.926. The molecule has 1 saturated heterocycles. The molecule has 0 saturated carbocycles. The summed E-state index contributed by atoms with van der Waals surface area (Å²) in [6.45, 7) is 3.33. The van der Waals surface area contributed by atoms with Gasteiger partial charge in [-0.15, -0.1) is 11.3 Å². The molecule has 1 aliphatic heterocycles. The molecule has 5 nitrogen and oxygen atoms in total. The molecule has 19 heavy (non-hydrogen) atoms. The number of thiazole rings is 1. The summed E-state index contributed by atoms with van der Waals surface area (Å²) in [6, 6.07) is 0. The Morgan fingerprint density at radius 1 is 1.53 bits per heavy atom. The zero-order valence-electron chi connectivity index (χ0n) is 11.2. The van der Waals surface area contributed by atoms with Crippen LogP contribution in [0, 0.1) is 5.92 Å². The summed E-state index contributed by atoms with van der Waals surface area (Å²) in [7, 11) is 2.11. The molecule has 6 heteroatoms. The number of rotatable bonds is 4. The van der Waals surface area contributed by atoms with E-state index in [1.165, 1.54) is 0 Å². The maximum Gasteiger partial charge on any atom is 0.195 e. The molecule has 0 unspecified atom stereocenters. The van der Waals surface area contributed by atoms with Gasteiger partial charge in [0.1, 0.15) is 0 Å². The second-order valence-corrected chi connectivity index (χ2v) is 5.95. The summed E-state index contributed by atoms with van der Waals surface area (Å²) in [6.07, 6.45) is 4.33. The van der Waals surface area contributed by atoms with Crippen molar-refractivity contribution < 1.29 is 4.74 Å². The first-order valence-electron chi connectivity index (χ1n) is 6.73. The predicted molar refractivity (Wildman–Crippen MR) is 77.8 cm³/mol. The van der Waals surface area contributed by atoms with Crippen LogP contribution in [0.3, 0.4) is 0 Å². The van der Waals surface area contributed by atoms with E-state index in [1.54, 1.807) is 11.3 Å². The van der Waals surface area contributed by atoms with Crippen LogP contribution in [0.1, 0.15) is 18.5 Å². The fraction of sp³-hybridized carbons (Fsp3) is 0.615. The van der Waals surface area contributed by atoms with Crippen molar-refractivity contribution in [3.8, 4) is 0 Å². The lowest BCUT2D eigenvalue weighted by atomic mass is 10.00. The third kappa shape index (κ3) is 2.48. The Bertz CT molecular complexity index is 544. The zero-order valence-corrected chi connectivity index (χ0v) is 12.0. The van der Waals surface area contributed by atoms with Crippen LogP contribution >= 0.6 is 11.3 Å². The molecule has 0 spiro atoms.